The number of rotatable bonds is 7. The van der Waals surface area contributed by atoms with Crippen LogP contribution in [0.3, 0.4) is 0 Å². The van der Waals surface area contributed by atoms with Crippen molar-refractivity contribution in [1.29, 1.82) is 0 Å². The van der Waals surface area contributed by atoms with Gasteiger partial charge in [-0.1, -0.05) is 42.5 Å². The fraction of sp³-hybridized carbons (Fsp3) is 0.227. The van der Waals surface area contributed by atoms with Crippen molar-refractivity contribution in [3.05, 3.63) is 82.6 Å². The molecule has 0 atom stereocenters. The van der Waals surface area contributed by atoms with Crippen LogP contribution in [0.5, 0.6) is 5.75 Å². The summed E-state index contributed by atoms with van der Waals surface area (Å²) in [6.07, 6.45) is 0. The van der Waals surface area contributed by atoms with E-state index in [9.17, 15) is 9.59 Å². The maximum absolute atomic E-state index is 12.8. The standard InChI is InChI=1S/C22H23N3O3/c1-3-24(15-17-9-5-4-6-10-17)22(27)16-25-21(26)14-13-19(23-25)18-11-7-8-12-20(18)28-2/h4-14H,3,15-16H2,1-2H3. The molecule has 0 spiro atoms. The van der Waals surface area contributed by atoms with Gasteiger partial charge < -0.3 is 9.64 Å². The van der Waals surface area contributed by atoms with Crippen LogP contribution in [0.25, 0.3) is 11.3 Å². The van der Waals surface area contributed by atoms with Gasteiger partial charge in [0, 0.05) is 24.7 Å². The number of para-hydroxylation sites is 1. The Labute approximate surface area is 164 Å². The van der Waals surface area contributed by atoms with E-state index >= 15 is 0 Å². The van der Waals surface area contributed by atoms with Crippen LogP contribution in [0.2, 0.25) is 0 Å². The zero-order valence-corrected chi connectivity index (χ0v) is 16.0. The summed E-state index contributed by atoms with van der Waals surface area (Å²) in [5.74, 6) is 0.504. The summed E-state index contributed by atoms with van der Waals surface area (Å²) in [4.78, 5) is 26.7. The van der Waals surface area contributed by atoms with Gasteiger partial charge in [-0.3, -0.25) is 9.59 Å². The minimum Gasteiger partial charge on any atom is -0.496 e. The summed E-state index contributed by atoms with van der Waals surface area (Å²) < 4.78 is 6.58. The largest absolute Gasteiger partial charge is 0.496 e. The summed E-state index contributed by atoms with van der Waals surface area (Å²) >= 11 is 0. The number of methoxy groups -OCH3 is 1. The van der Waals surface area contributed by atoms with Crippen molar-refractivity contribution in [3.63, 3.8) is 0 Å². The van der Waals surface area contributed by atoms with Crippen molar-refractivity contribution in [2.75, 3.05) is 13.7 Å². The minimum atomic E-state index is -0.317. The first-order valence-electron chi connectivity index (χ1n) is 9.15. The Morgan fingerprint density at radius 2 is 1.75 bits per heavy atom. The normalized spacial score (nSPS) is 10.5. The van der Waals surface area contributed by atoms with E-state index in [4.69, 9.17) is 4.74 Å². The quantitative estimate of drug-likeness (QED) is 0.635. The Kier molecular flexibility index (Phi) is 6.22. The van der Waals surface area contributed by atoms with Crippen LogP contribution in [0.15, 0.2) is 71.5 Å². The molecular weight excluding hydrogens is 354 g/mol. The van der Waals surface area contributed by atoms with Crippen LogP contribution >= 0.6 is 0 Å². The minimum absolute atomic E-state index is 0.109. The molecule has 0 N–H and O–H groups in total. The Balaban J connectivity index is 1.83. The smallest absolute Gasteiger partial charge is 0.267 e. The third kappa shape index (κ3) is 4.46. The predicted octanol–water partition coefficient (Wildman–Crippen LogP) is 2.97. The number of carbonyl (C=O) groups excluding carboxylic acids is 1. The number of carbonyl (C=O) groups is 1. The molecule has 0 aliphatic rings. The predicted molar refractivity (Wildman–Crippen MR) is 108 cm³/mol. The number of likely N-dealkylation sites (N-methyl/N-ethyl adjacent to an activating group) is 1. The lowest BCUT2D eigenvalue weighted by molar-refractivity contribution is -0.132. The van der Waals surface area contributed by atoms with Gasteiger partial charge in [0.25, 0.3) is 5.56 Å². The van der Waals surface area contributed by atoms with Crippen LogP contribution in [0, 0.1) is 0 Å². The van der Waals surface area contributed by atoms with Crippen LogP contribution in [0.4, 0.5) is 0 Å². The van der Waals surface area contributed by atoms with Gasteiger partial charge in [-0.15, -0.1) is 0 Å². The van der Waals surface area contributed by atoms with E-state index in [0.717, 1.165) is 11.1 Å². The number of amides is 1. The average Bonchev–Trinajstić information content (AvgIpc) is 2.74. The molecule has 1 aromatic heterocycles. The summed E-state index contributed by atoms with van der Waals surface area (Å²) in [7, 11) is 1.58. The van der Waals surface area contributed by atoms with Crippen molar-refractivity contribution >= 4 is 5.91 Å². The molecule has 0 fully saturated rings. The first kappa shape index (κ1) is 19.4. The van der Waals surface area contributed by atoms with E-state index in [2.05, 4.69) is 5.10 Å². The number of ether oxygens (including phenoxy) is 1. The highest BCUT2D eigenvalue weighted by molar-refractivity contribution is 5.76. The van der Waals surface area contributed by atoms with E-state index in [1.165, 1.54) is 10.7 Å². The highest BCUT2D eigenvalue weighted by Crippen LogP contribution is 2.27. The Hall–Kier alpha value is -3.41. The van der Waals surface area contributed by atoms with Gasteiger partial charge in [-0.2, -0.15) is 5.10 Å². The zero-order chi connectivity index (χ0) is 19.9. The van der Waals surface area contributed by atoms with Gasteiger partial charge in [0.05, 0.1) is 12.8 Å². The zero-order valence-electron chi connectivity index (χ0n) is 16.0. The van der Waals surface area contributed by atoms with Gasteiger partial charge in [-0.25, -0.2) is 4.68 Å². The van der Waals surface area contributed by atoms with Crippen molar-refractivity contribution in [2.24, 2.45) is 0 Å². The molecule has 3 aromatic rings. The Bertz CT molecular complexity index is 999. The maximum Gasteiger partial charge on any atom is 0.267 e. The third-order valence-corrected chi connectivity index (χ3v) is 4.49. The van der Waals surface area contributed by atoms with E-state index in [1.807, 2.05) is 61.5 Å². The lowest BCUT2D eigenvalue weighted by atomic mass is 10.1. The molecule has 2 aromatic carbocycles. The molecule has 144 valence electrons. The second-order valence-electron chi connectivity index (χ2n) is 6.31. The second-order valence-corrected chi connectivity index (χ2v) is 6.31. The van der Waals surface area contributed by atoms with Crippen LogP contribution in [-0.2, 0) is 17.9 Å². The molecular formula is C22H23N3O3. The first-order valence-corrected chi connectivity index (χ1v) is 9.15. The molecule has 0 unspecified atom stereocenters. The van der Waals surface area contributed by atoms with Crippen molar-refractivity contribution in [3.8, 4) is 17.0 Å². The van der Waals surface area contributed by atoms with Crippen LogP contribution in [0.1, 0.15) is 12.5 Å². The van der Waals surface area contributed by atoms with E-state index in [0.29, 0.717) is 24.5 Å². The maximum atomic E-state index is 12.8. The highest BCUT2D eigenvalue weighted by Gasteiger charge is 2.15. The van der Waals surface area contributed by atoms with Gasteiger partial charge in [-0.05, 0) is 30.7 Å². The molecule has 0 radical (unpaired) electrons. The third-order valence-electron chi connectivity index (χ3n) is 4.49. The van der Waals surface area contributed by atoms with Gasteiger partial charge >= 0.3 is 0 Å². The van der Waals surface area contributed by atoms with Gasteiger partial charge in [0.15, 0.2) is 0 Å². The molecule has 0 aliphatic heterocycles. The SMILES string of the molecule is CCN(Cc1ccccc1)C(=O)Cn1nc(-c2ccccc2OC)ccc1=O. The molecule has 0 saturated carbocycles. The van der Waals surface area contributed by atoms with Crippen molar-refractivity contribution in [2.45, 2.75) is 20.0 Å². The molecule has 0 saturated heterocycles. The molecule has 1 heterocycles. The number of aromatic nitrogens is 2. The molecule has 3 rings (SSSR count). The van der Waals surface area contributed by atoms with Crippen molar-refractivity contribution < 1.29 is 9.53 Å². The number of hydrogen-bond donors (Lipinski definition) is 0. The van der Waals surface area contributed by atoms with Gasteiger partial charge in [0.1, 0.15) is 12.3 Å². The number of nitrogens with zero attached hydrogens (tertiary/aromatic N) is 3. The van der Waals surface area contributed by atoms with Crippen LogP contribution < -0.4 is 10.3 Å². The first-order chi connectivity index (χ1) is 13.6. The molecule has 6 nitrogen and oxygen atoms in total. The molecule has 28 heavy (non-hydrogen) atoms. The van der Waals surface area contributed by atoms with Gasteiger partial charge in [0.2, 0.25) is 5.91 Å². The summed E-state index contributed by atoms with van der Waals surface area (Å²) in [6, 6.07) is 20.3. The Morgan fingerprint density at radius 1 is 1.04 bits per heavy atom. The van der Waals surface area contributed by atoms with E-state index in [1.54, 1.807) is 18.1 Å². The lowest BCUT2D eigenvalue weighted by Gasteiger charge is -2.21. The lowest BCUT2D eigenvalue weighted by Crippen LogP contribution is -2.36. The molecule has 0 bridgehead atoms. The van der Waals surface area contributed by atoms with E-state index < -0.39 is 0 Å². The summed E-state index contributed by atoms with van der Waals surface area (Å²) in [5.41, 5.74) is 2.07. The summed E-state index contributed by atoms with van der Waals surface area (Å²) in [5, 5.41) is 4.39. The second kappa shape index (κ2) is 8.99. The fourth-order valence-electron chi connectivity index (χ4n) is 2.97. The van der Waals surface area contributed by atoms with Crippen LogP contribution in [-0.4, -0.2) is 34.2 Å². The average molecular weight is 377 g/mol. The topological polar surface area (TPSA) is 64.4 Å². The highest BCUT2D eigenvalue weighted by atomic mass is 16.5. The molecule has 6 heteroatoms. The molecule has 1 amide bonds. The van der Waals surface area contributed by atoms with Crippen molar-refractivity contribution in [1.82, 2.24) is 14.7 Å². The van der Waals surface area contributed by atoms with E-state index in [-0.39, 0.29) is 18.0 Å². The summed E-state index contributed by atoms with van der Waals surface area (Å²) in [6.45, 7) is 2.86. The number of hydrogen-bond acceptors (Lipinski definition) is 4. The Morgan fingerprint density at radius 3 is 2.46 bits per heavy atom. The fourth-order valence-corrected chi connectivity index (χ4v) is 2.97. The number of benzene rings is 2. The molecule has 0 aliphatic carbocycles. The monoisotopic (exact) mass is 377 g/mol.